The second-order valence-corrected chi connectivity index (χ2v) is 7.89. The van der Waals surface area contributed by atoms with E-state index in [0.29, 0.717) is 11.8 Å². The zero-order chi connectivity index (χ0) is 16.9. The third-order valence-corrected chi connectivity index (χ3v) is 6.45. The molecule has 0 bridgehead atoms. The summed E-state index contributed by atoms with van der Waals surface area (Å²) in [5.41, 5.74) is 3.77. The van der Waals surface area contributed by atoms with Crippen LogP contribution in [0.4, 0.5) is 0 Å². The number of amides is 1. The van der Waals surface area contributed by atoms with E-state index in [1.165, 1.54) is 35.0 Å². The maximum atomic E-state index is 13.0. The van der Waals surface area contributed by atoms with E-state index in [-0.39, 0.29) is 11.5 Å². The van der Waals surface area contributed by atoms with Gasteiger partial charge in [0.15, 0.2) is 0 Å². The molecule has 1 aromatic carbocycles. The largest absolute Gasteiger partial charge is 0.356 e. The van der Waals surface area contributed by atoms with Crippen LogP contribution in [0.5, 0.6) is 0 Å². The first-order valence-corrected chi connectivity index (χ1v) is 9.49. The Morgan fingerprint density at radius 2 is 2.12 bits per heavy atom. The average molecular weight is 324 g/mol. The zero-order valence-electron chi connectivity index (χ0n) is 15.1. The second-order valence-electron chi connectivity index (χ2n) is 7.89. The highest BCUT2D eigenvalue weighted by Crippen LogP contribution is 2.49. The molecule has 2 aliphatic heterocycles. The number of carbonyl (C=O) groups excluding carboxylic acids is 1. The number of nitrogens with zero attached hydrogens (tertiary/aromatic N) is 1. The van der Waals surface area contributed by atoms with E-state index >= 15 is 0 Å². The van der Waals surface area contributed by atoms with Gasteiger partial charge >= 0.3 is 0 Å². The van der Waals surface area contributed by atoms with Crippen molar-refractivity contribution >= 4 is 16.8 Å². The lowest BCUT2D eigenvalue weighted by Crippen LogP contribution is -2.58. The highest BCUT2D eigenvalue weighted by Gasteiger charge is 2.51. The number of aromatic amines is 1. The third kappa shape index (κ3) is 2.06. The van der Waals surface area contributed by atoms with E-state index in [2.05, 4.69) is 54.9 Å². The quantitative estimate of drug-likeness (QED) is 0.860. The summed E-state index contributed by atoms with van der Waals surface area (Å²) in [6.07, 6.45) is 5.48. The van der Waals surface area contributed by atoms with Gasteiger partial charge in [0.2, 0.25) is 5.91 Å². The van der Waals surface area contributed by atoms with Crippen LogP contribution in [0.25, 0.3) is 10.9 Å². The van der Waals surface area contributed by atoms with Crippen LogP contribution in [-0.2, 0) is 16.8 Å². The molecule has 0 aliphatic carbocycles. The molecule has 3 heteroatoms. The molecular formula is C21H28N2O. The normalized spacial score (nSPS) is 30.1. The summed E-state index contributed by atoms with van der Waals surface area (Å²) in [5, 5.41) is 1.34. The number of aryl methyl sites for hydroxylation is 1. The van der Waals surface area contributed by atoms with Crippen LogP contribution in [0.2, 0.25) is 0 Å². The van der Waals surface area contributed by atoms with Crippen molar-refractivity contribution in [1.82, 2.24) is 9.88 Å². The van der Waals surface area contributed by atoms with E-state index < -0.39 is 0 Å². The van der Waals surface area contributed by atoms with Gasteiger partial charge in [0.05, 0.1) is 5.54 Å². The van der Waals surface area contributed by atoms with Crippen molar-refractivity contribution in [2.24, 2.45) is 11.8 Å². The van der Waals surface area contributed by atoms with Crippen molar-refractivity contribution < 1.29 is 4.79 Å². The molecule has 1 amide bonds. The fraction of sp³-hybridized carbons (Fsp3) is 0.571. The number of H-pyrrole nitrogens is 1. The monoisotopic (exact) mass is 324 g/mol. The van der Waals surface area contributed by atoms with Crippen LogP contribution in [0.15, 0.2) is 24.3 Å². The van der Waals surface area contributed by atoms with E-state index in [1.54, 1.807) is 0 Å². The van der Waals surface area contributed by atoms with Crippen LogP contribution in [-0.4, -0.2) is 22.3 Å². The Kier molecular flexibility index (Phi) is 3.70. The molecule has 1 aromatic heterocycles. The van der Waals surface area contributed by atoms with E-state index in [1.807, 2.05) is 0 Å². The summed E-state index contributed by atoms with van der Waals surface area (Å²) in [6, 6.07) is 8.61. The van der Waals surface area contributed by atoms with Gasteiger partial charge in [-0.3, -0.25) is 4.79 Å². The number of para-hydroxylation sites is 1. The van der Waals surface area contributed by atoms with Gasteiger partial charge < -0.3 is 9.88 Å². The molecule has 128 valence electrons. The molecule has 1 N–H and O–H groups in total. The lowest BCUT2D eigenvalue weighted by Gasteiger charge is -2.51. The number of piperidine rings is 1. The number of aromatic nitrogens is 1. The summed E-state index contributed by atoms with van der Waals surface area (Å²) >= 11 is 0. The highest BCUT2D eigenvalue weighted by atomic mass is 16.2. The molecule has 3 nitrogen and oxygen atoms in total. The van der Waals surface area contributed by atoms with Crippen molar-refractivity contribution in [1.29, 1.82) is 0 Å². The number of fused-ring (bicyclic) bond motifs is 5. The first kappa shape index (κ1) is 15.7. The SMILES string of the molecule is CCC[C@@H]1C[C@@H](C)C(=O)N2CCCc3c([nH]c4ccccc34)[C@@]12C. The Hall–Kier alpha value is -1.77. The fourth-order valence-corrected chi connectivity index (χ4v) is 5.21. The van der Waals surface area contributed by atoms with Crippen molar-refractivity contribution in [3.63, 3.8) is 0 Å². The summed E-state index contributed by atoms with van der Waals surface area (Å²) in [5.74, 6) is 1.03. The first-order chi connectivity index (χ1) is 11.6. The Morgan fingerprint density at radius 1 is 1.33 bits per heavy atom. The van der Waals surface area contributed by atoms with Crippen LogP contribution >= 0.6 is 0 Å². The Bertz CT molecular complexity index is 777. The number of rotatable bonds is 2. The standard InChI is InChI=1S/C21H28N2O/c1-4-8-15-13-14(2)20(24)23-12-7-10-17-16-9-5-6-11-18(16)22-19(17)21(15,23)3/h5-6,9,11,14-15,22H,4,7-8,10,12-13H2,1-3H3/t14-,15-,21-/m1/s1. The molecule has 1 fully saturated rings. The predicted octanol–water partition coefficient (Wildman–Crippen LogP) is 4.61. The van der Waals surface area contributed by atoms with Crippen LogP contribution in [0.3, 0.4) is 0 Å². The number of hydrogen-bond donors (Lipinski definition) is 1. The van der Waals surface area contributed by atoms with E-state index in [4.69, 9.17) is 0 Å². The predicted molar refractivity (Wildman–Crippen MR) is 97.9 cm³/mol. The lowest BCUT2D eigenvalue weighted by atomic mass is 9.70. The maximum absolute atomic E-state index is 13.0. The molecule has 24 heavy (non-hydrogen) atoms. The van der Waals surface area contributed by atoms with Crippen molar-refractivity contribution in [3.8, 4) is 0 Å². The Balaban J connectivity index is 1.94. The van der Waals surface area contributed by atoms with Crippen molar-refractivity contribution in [2.45, 2.75) is 58.4 Å². The molecule has 4 rings (SSSR count). The molecule has 0 spiro atoms. The summed E-state index contributed by atoms with van der Waals surface area (Å²) in [7, 11) is 0. The first-order valence-electron chi connectivity index (χ1n) is 9.49. The Labute approximate surface area is 144 Å². The number of nitrogens with one attached hydrogen (secondary N) is 1. The summed E-state index contributed by atoms with van der Waals surface area (Å²) in [4.78, 5) is 18.9. The summed E-state index contributed by atoms with van der Waals surface area (Å²) in [6.45, 7) is 7.58. The van der Waals surface area contributed by atoms with Gasteiger partial charge in [-0.25, -0.2) is 0 Å². The fourth-order valence-electron chi connectivity index (χ4n) is 5.21. The molecule has 0 saturated carbocycles. The molecular weight excluding hydrogens is 296 g/mol. The number of carbonyl (C=O) groups is 1. The topological polar surface area (TPSA) is 36.1 Å². The van der Waals surface area contributed by atoms with Gasteiger partial charge in [0, 0.05) is 29.1 Å². The minimum Gasteiger partial charge on any atom is -0.356 e. The van der Waals surface area contributed by atoms with Crippen molar-refractivity contribution in [3.05, 3.63) is 35.5 Å². The average Bonchev–Trinajstić information content (AvgIpc) is 2.88. The molecule has 3 atom stereocenters. The maximum Gasteiger partial charge on any atom is 0.226 e. The van der Waals surface area contributed by atoms with Gasteiger partial charge in [-0.05, 0) is 50.2 Å². The number of hydrogen-bond acceptors (Lipinski definition) is 1. The van der Waals surface area contributed by atoms with Gasteiger partial charge in [-0.2, -0.15) is 0 Å². The van der Waals surface area contributed by atoms with Gasteiger partial charge in [0.25, 0.3) is 0 Å². The van der Waals surface area contributed by atoms with E-state index in [9.17, 15) is 4.79 Å². The molecule has 2 aliphatic rings. The molecule has 2 aromatic rings. The zero-order valence-corrected chi connectivity index (χ0v) is 15.1. The number of benzene rings is 1. The minimum atomic E-state index is -0.190. The second kappa shape index (κ2) is 5.65. The van der Waals surface area contributed by atoms with Gasteiger partial charge in [0.1, 0.15) is 0 Å². The smallest absolute Gasteiger partial charge is 0.226 e. The molecule has 0 radical (unpaired) electrons. The van der Waals surface area contributed by atoms with Gasteiger partial charge in [-0.1, -0.05) is 38.5 Å². The summed E-state index contributed by atoms with van der Waals surface area (Å²) < 4.78 is 0. The van der Waals surface area contributed by atoms with Crippen LogP contribution < -0.4 is 0 Å². The molecule has 3 heterocycles. The van der Waals surface area contributed by atoms with Crippen LogP contribution in [0, 0.1) is 11.8 Å². The minimum absolute atomic E-state index is 0.153. The molecule has 1 saturated heterocycles. The molecule has 0 unspecified atom stereocenters. The van der Waals surface area contributed by atoms with Crippen LogP contribution in [0.1, 0.15) is 57.7 Å². The van der Waals surface area contributed by atoms with E-state index in [0.717, 1.165) is 25.8 Å². The van der Waals surface area contributed by atoms with Crippen molar-refractivity contribution in [2.75, 3.05) is 6.54 Å². The lowest BCUT2D eigenvalue weighted by molar-refractivity contribution is -0.152. The van der Waals surface area contributed by atoms with Gasteiger partial charge in [-0.15, -0.1) is 0 Å². The third-order valence-electron chi connectivity index (χ3n) is 6.45. The Morgan fingerprint density at radius 3 is 2.92 bits per heavy atom. The highest BCUT2D eigenvalue weighted by molar-refractivity contribution is 5.87.